The SMILES string of the molecule is CCCCCCCCCCCCN1/C(=C/C=C(Cl)/C=c2/c(-c3ccccc3OC)nn3c(-c4ccccc4OC)nnc23)C(CC)(CC)c2ccccc21. The van der Waals surface area contributed by atoms with E-state index in [-0.39, 0.29) is 5.41 Å². The maximum Gasteiger partial charge on any atom is 0.189 e. The van der Waals surface area contributed by atoms with Gasteiger partial charge < -0.3 is 14.4 Å². The van der Waals surface area contributed by atoms with Crippen molar-refractivity contribution in [2.75, 3.05) is 25.7 Å². The van der Waals surface area contributed by atoms with Gasteiger partial charge in [0.15, 0.2) is 11.5 Å². The predicted molar refractivity (Wildman–Crippen MR) is 224 cm³/mol. The van der Waals surface area contributed by atoms with E-state index in [0.717, 1.165) is 42.2 Å². The molecule has 0 saturated heterocycles. The van der Waals surface area contributed by atoms with E-state index in [1.54, 1.807) is 18.7 Å². The van der Waals surface area contributed by atoms with Crippen LogP contribution in [0.5, 0.6) is 11.5 Å². The quantitative estimate of drug-likeness (QED) is 0.0784. The summed E-state index contributed by atoms with van der Waals surface area (Å²) in [4.78, 5) is 2.56. The predicted octanol–water partition coefficient (Wildman–Crippen LogP) is 11.5. The average Bonchev–Trinajstić information content (AvgIpc) is 3.86. The lowest BCUT2D eigenvalue weighted by atomic mass is 9.75. The molecule has 0 unspecified atom stereocenters. The first kappa shape index (κ1) is 39.1. The lowest BCUT2D eigenvalue weighted by Gasteiger charge is -2.32. The molecular formula is C46H56ClN5O2. The van der Waals surface area contributed by atoms with Gasteiger partial charge in [0, 0.05) is 33.9 Å². The number of allylic oxidation sites excluding steroid dienone is 4. The highest BCUT2D eigenvalue weighted by Crippen LogP contribution is 2.52. The minimum Gasteiger partial charge on any atom is -0.496 e. The van der Waals surface area contributed by atoms with E-state index in [4.69, 9.17) is 26.2 Å². The van der Waals surface area contributed by atoms with Gasteiger partial charge >= 0.3 is 0 Å². The van der Waals surface area contributed by atoms with E-state index in [2.05, 4.69) is 66.2 Å². The first-order valence-corrected chi connectivity index (χ1v) is 20.4. The number of halogens is 1. The van der Waals surface area contributed by atoms with Crippen molar-refractivity contribution < 1.29 is 9.47 Å². The molecule has 0 saturated carbocycles. The van der Waals surface area contributed by atoms with E-state index in [9.17, 15) is 0 Å². The molecule has 284 valence electrons. The third-order valence-corrected chi connectivity index (χ3v) is 11.4. The number of nitrogens with zero attached hydrogens (tertiary/aromatic N) is 5. The smallest absolute Gasteiger partial charge is 0.189 e. The first-order valence-electron chi connectivity index (χ1n) is 20.0. The first-order chi connectivity index (χ1) is 26.5. The lowest BCUT2D eigenvalue weighted by molar-refractivity contribution is 0.416. The van der Waals surface area contributed by atoms with Crippen LogP contribution in [-0.2, 0) is 5.41 Å². The Labute approximate surface area is 326 Å². The van der Waals surface area contributed by atoms with Gasteiger partial charge in [0.1, 0.15) is 17.2 Å². The van der Waals surface area contributed by atoms with Crippen molar-refractivity contribution in [3.05, 3.63) is 106 Å². The number of hydrogen-bond acceptors (Lipinski definition) is 6. The number of methoxy groups -OCH3 is 2. The monoisotopic (exact) mass is 745 g/mol. The van der Waals surface area contributed by atoms with Gasteiger partial charge in [-0.1, -0.05) is 133 Å². The summed E-state index contributed by atoms with van der Waals surface area (Å²) < 4.78 is 13.2. The molecule has 3 aromatic carbocycles. The molecule has 3 heterocycles. The van der Waals surface area contributed by atoms with Crippen LogP contribution in [-0.4, -0.2) is 40.6 Å². The third-order valence-electron chi connectivity index (χ3n) is 11.2. The van der Waals surface area contributed by atoms with Gasteiger partial charge in [0.25, 0.3) is 0 Å². The molecule has 6 rings (SSSR count). The van der Waals surface area contributed by atoms with E-state index in [0.29, 0.717) is 33.7 Å². The molecule has 0 amide bonds. The zero-order valence-corrected chi connectivity index (χ0v) is 33.5. The summed E-state index contributed by atoms with van der Waals surface area (Å²) in [6, 6.07) is 24.6. The molecule has 0 fully saturated rings. The highest BCUT2D eigenvalue weighted by Gasteiger charge is 2.44. The standard InChI is InChI=1S/C46H56ClN5O2/c1-6-9-10-11-12-13-14-15-16-23-32-51-39-27-20-19-26-38(39)46(7-2,8-3)42(51)31-30-34(47)33-37-43(35-24-17-21-28-40(35)53-4)50-52-44(48-49-45(37)52)36-25-18-22-29-41(36)54-5/h17-22,24-31,33H,6-16,23,32H2,1-5H3/b34-30-,37-33-,42-31+. The van der Waals surface area contributed by atoms with Crippen molar-refractivity contribution in [3.8, 4) is 34.1 Å². The van der Waals surface area contributed by atoms with Crippen LogP contribution in [0.4, 0.5) is 5.69 Å². The minimum absolute atomic E-state index is 0.0862. The van der Waals surface area contributed by atoms with Crippen molar-refractivity contribution in [2.24, 2.45) is 0 Å². The van der Waals surface area contributed by atoms with E-state index in [1.165, 1.54) is 74.7 Å². The van der Waals surface area contributed by atoms with Gasteiger partial charge in [-0.3, -0.25) is 0 Å². The number of aromatic nitrogens is 4. The number of anilines is 1. The number of ether oxygens (including phenoxy) is 2. The maximum absolute atomic E-state index is 7.22. The lowest BCUT2D eigenvalue weighted by Crippen LogP contribution is -2.30. The molecule has 1 aliphatic heterocycles. The molecule has 1 aliphatic rings. The van der Waals surface area contributed by atoms with Crippen LogP contribution >= 0.6 is 11.6 Å². The van der Waals surface area contributed by atoms with Crippen LogP contribution in [0, 0.1) is 0 Å². The van der Waals surface area contributed by atoms with Crippen LogP contribution < -0.4 is 19.6 Å². The van der Waals surface area contributed by atoms with Crippen molar-refractivity contribution in [3.63, 3.8) is 0 Å². The topological polar surface area (TPSA) is 64.8 Å². The summed E-state index contributed by atoms with van der Waals surface area (Å²) in [5.74, 6) is 1.99. The number of unbranched alkanes of at least 4 members (excludes halogenated alkanes) is 9. The molecule has 0 N–H and O–H groups in total. The van der Waals surface area contributed by atoms with Gasteiger partial charge in [-0.15, -0.1) is 10.2 Å². The summed E-state index contributed by atoms with van der Waals surface area (Å²) in [6.07, 6.45) is 21.5. The number of hydrogen-bond donors (Lipinski definition) is 0. The maximum atomic E-state index is 7.22. The molecule has 8 heteroatoms. The van der Waals surface area contributed by atoms with Gasteiger partial charge in [-0.2, -0.15) is 9.61 Å². The summed E-state index contributed by atoms with van der Waals surface area (Å²) in [5, 5.41) is 15.6. The number of rotatable bonds is 19. The molecule has 0 aliphatic carbocycles. The Kier molecular flexibility index (Phi) is 13.5. The second-order valence-corrected chi connectivity index (χ2v) is 14.7. The zero-order valence-electron chi connectivity index (χ0n) is 32.8. The molecule has 5 aromatic rings. The molecule has 54 heavy (non-hydrogen) atoms. The average molecular weight is 746 g/mol. The molecule has 0 radical (unpaired) electrons. The number of benzene rings is 3. The van der Waals surface area contributed by atoms with Crippen molar-refractivity contribution >= 4 is 29.0 Å². The highest BCUT2D eigenvalue weighted by atomic mass is 35.5. The largest absolute Gasteiger partial charge is 0.496 e. The Bertz CT molecular complexity index is 2110. The second kappa shape index (κ2) is 18.6. The number of fused-ring (bicyclic) bond motifs is 2. The van der Waals surface area contributed by atoms with Crippen LogP contribution in [0.1, 0.15) is 103 Å². The van der Waals surface area contributed by atoms with Gasteiger partial charge in [-0.25, -0.2) is 0 Å². The van der Waals surface area contributed by atoms with Crippen molar-refractivity contribution in [2.45, 2.75) is 103 Å². The fourth-order valence-corrected chi connectivity index (χ4v) is 8.37. The molecular weight excluding hydrogens is 690 g/mol. The molecule has 0 spiro atoms. The van der Waals surface area contributed by atoms with Crippen molar-refractivity contribution in [1.82, 2.24) is 19.8 Å². The Hall–Kier alpha value is -4.62. The Morgan fingerprint density at radius 1 is 0.722 bits per heavy atom. The molecule has 0 atom stereocenters. The van der Waals surface area contributed by atoms with Gasteiger partial charge in [-0.05, 0) is 73.4 Å². The highest BCUT2D eigenvalue weighted by molar-refractivity contribution is 6.34. The number of para-hydroxylation sites is 3. The third kappa shape index (κ3) is 8.07. The molecule has 2 aromatic heterocycles. The van der Waals surface area contributed by atoms with E-state index >= 15 is 0 Å². The zero-order chi connectivity index (χ0) is 37.9. The minimum atomic E-state index is -0.0862. The molecule has 7 nitrogen and oxygen atoms in total. The van der Waals surface area contributed by atoms with Crippen molar-refractivity contribution in [1.29, 1.82) is 0 Å². The van der Waals surface area contributed by atoms with Gasteiger partial charge in [0.2, 0.25) is 0 Å². The van der Waals surface area contributed by atoms with Crippen LogP contribution in [0.3, 0.4) is 0 Å². The normalized spacial score (nSPS) is 15.1. The molecule has 0 bridgehead atoms. The Morgan fingerprint density at radius 3 is 1.98 bits per heavy atom. The summed E-state index contributed by atoms with van der Waals surface area (Å²) in [6.45, 7) is 7.90. The summed E-state index contributed by atoms with van der Waals surface area (Å²) in [7, 11) is 3.33. The van der Waals surface area contributed by atoms with Gasteiger partial charge in [0.05, 0.1) is 25.0 Å². The fourth-order valence-electron chi connectivity index (χ4n) is 8.20. The van der Waals surface area contributed by atoms with Crippen LogP contribution in [0.15, 0.2) is 95.7 Å². The second-order valence-electron chi connectivity index (χ2n) is 14.3. The summed E-state index contributed by atoms with van der Waals surface area (Å²) in [5.41, 5.74) is 6.91. The van der Waals surface area contributed by atoms with E-state index < -0.39 is 0 Å². The van der Waals surface area contributed by atoms with Crippen LogP contribution in [0.2, 0.25) is 0 Å². The Balaban J connectivity index is 1.36. The summed E-state index contributed by atoms with van der Waals surface area (Å²) >= 11 is 7.22. The van der Waals surface area contributed by atoms with Crippen LogP contribution in [0.25, 0.3) is 34.4 Å². The fraction of sp³-hybridized carbons (Fsp3) is 0.413. The Morgan fingerprint density at radius 2 is 1.31 bits per heavy atom. The van der Waals surface area contributed by atoms with E-state index in [1.807, 2.05) is 60.7 Å².